The molecule has 0 saturated carbocycles. The van der Waals surface area contributed by atoms with Crippen molar-refractivity contribution in [1.82, 2.24) is 4.90 Å². The number of hydrogen-bond acceptors (Lipinski definition) is 6. The molecule has 1 aliphatic heterocycles. The monoisotopic (exact) mass is 572 g/mol. The van der Waals surface area contributed by atoms with E-state index in [1.54, 1.807) is 12.1 Å². The standard InChI is InChI=1S/C24H17IN2O5S/c25-19-10-8-16(9-11-19)15-32-21-7-2-1-5-18(21)13-22-23(28)26(24(29)33-22)14-17-4-3-6-20(12-17)27(30)31/h1-13H,14-15H2/b22-13+. The quantitative estimate of drug-likeness (QED) is 0.149. The van der Waals surface area contributed by atoms with Gasteiger partial charge in [0.05, 0.1) is 16.4 Å². The van der Waals surface area contributed by atoms with Crippen LogP contribution in [0.15, 0.2) is 77.7 Å². The number of thioether (sulfide) groups is 1. The van der Waals surface area contributed by atoms with Gasteiger partial charge in [-0.2, -0.15) is 0 Å². The highest BCUT2D eigenvalue weighted by Crippen LogP contribution is 2.35. The molecule has 2 amide bonds. The Morgan fingerprint density at radius 1 is 1.00 bits per heavy atom. The molecule has 0 spiro atoms. The Morgan fingerprint density at radius 2 is 1.76 bits per heavy atom. The minimum absolute atomic E-state index is 0.0331. The molecule has 1 fully saturated rings. The predicted octanol–water partition coefficient (Wildman–Crippen LogP) is 6.01. The number of para-hydroxylation sites is 1. The van der Waals surface area contributed by atoms with Crippen molar-refractivity contribution >= 4 is 57.3 Å². The lowest BCUT2D eigenvalue weighted by Gasteiger charge is -2.12. The number of amides is 2. The third kappa shape index (κ3) is 5.60. The number of carbonyl (C=O) groups is 2. The van der Waals surface area contributed by atoms with Crippen molar-refractivity contribution in [2.45, 2.75) is 13.2 Å². The summed E-state index contributed by atoms with van der Waals surface area (Å²) in [5.74, 6) is 0.158. The van der Waals surface area contributed by atoms with E-state index in [1.807, 2.05) is 48.5 Å². The van der Waals surface area contributed by atoms with E-state index in [4.69, 9.17) is 4.74 Å². The molecule has 0 N–H and O–H groups in total. The molecule has 0 bridgehead atoms. The van der Waals surface area contributed by atoms with Gasteiger partial charge in [-0.15, -0.1) is 0 Å². The van der Waals surface area contributed by atoms with Crippen molar-refractivity contribution in [3.63, 3.8) is 0 Å². The second-order valence-electron chi connectivity index (χ2n) is 7.15. The van der Waals surface area contributed by atoms with Gasteiger partial charge in [0, 0.05) is 21.3 Å². The Hall–Kier alpha value is -3.18. The maximum Gasteiger partial charge on any atom is 0.293 e. The lowest BCUT2D eigenvalue weighted by atomic mass is 10.1. The van der Waals surface area contributed by atoms with E-state index < -0.39 is 16.1 Å². The number of carbonyl (C=O) groups excluding carboxylic acids is 2. The average Bonchev–Trinajstić information content (AvgIpc) is 3.07. The minimum atomic E-state index is -0.510. The van der Waals surface area contributed by atoms with E-state index in [-0.39, 0.29) is 17.1 Å². The number of non-ortho nitro benzene ring substituents is 1. The van der Waals surface area contributed by atoms with Crippen LogP contribution in [0.1, 0.15) is 16.7 Å². The van der Waals surface area contributed by atoms with Crippen LogP contribution in [0.4, 0.5) is 10.5 Å². The van der Waals surface area contributed by atoms with Crippen molar-refractivity contribution in [3.8, 4) is 5.75 Å². The summed E-state index contributed by atoms with van der Waals surface area (Å²) in [5.41, 5.74) is 2.12. The zero-order valence-electron chi connectivity index (χ0n) is 17.1. The molecule has 166 valence electrons. The van der Waals surface area contributed by atoms with Crippen LogP contribution >= 0.6 is 34.4 Å². The number of halogens is 1. The van der Waals surface area contributed by atoms with Crippen molar-refractivity contribution in [2.75, 3.05) is 0 Å². The lowest BCUT2D eigenvalue weighted by molar-refractivity contribution is -0.384. The number of nitro groups is 1. The number of hydrogen-bond donors (Lipinski definition) is 0. The van der Waals surface area contributed by atoms with Crippen molar-refractivity contribution in [2.24, 2.45) is 0 Å². The first kappa shape index (κ1) is 23.0. The maximum atomic E-state index is 12.9. The topological polar surface area (TPSA) is 89.8 Å². The Bertz CT molecular complexity index is 1260. The molecule has 9 heteroatoms. The third-order valence-corrected chi connectivity index (χ3v) is 6.48. The van der Waals surface area contributed by atoms with Gasteiger partial charge in [-0.3, -0.25) is 24.6 Å². The number of nitro benzene ring substituents is 1. The fourth-order valence-corrected chi connectivity index (χ4v) is 4.39. The van der Waals surface area contributed by atoms with Gasteiger partial charge in [0.25, 0.3) is 16.8 Å². The molecule has 1 aliphatic rings. The summed E-state index contributed by atoms with van der Waals surface area (Å²) < 4.78 is 7.10. The molecule has 0 aliphatic carbocycles. The summed E-state index contributed by atoms with van der Waals surface area (Å²) >= 11 is 3.08. The van der Waals surface area contributed by atoms with Crippen LogP contribution in [0.25, 0.3) is 6.08 Å². The zero-order chi connectivity index (χ0) is 23.4. The van der Waals surface area contributed by atoms with E-state index in [9.17, 15) is 19.7 Å². The molecule has 3 aromatic rings. The van der Waals surface area contributed by atoms with Crippen molar-refractivity contribution < 1.29 is 19.2 Å². The second kappa shape index (κ2) is 10.2. The Labute approximate surface area is 207 Å². The molecule has 4 rings (SSSR count). The van der Waals surface area contributed by atoms with Gasteiger partial charge in [0.1, 0.15) is 12.4 Å². The van der Waals surface area contributed by atoms with Crippen LogP contribution in [0.3, 0.4) is 0 Å². The molecule has 0 atom stereocenters. The molecular formula is C24H17IN2O5S. The summed E-state index contributed by atoms with van der Waals surface area (Å²) in [6, 6.07) is 21.2. The Kier molecular flexibility index (Phi) is 7.09. The third-order valence-electron chi connectivity index (χ3n) is 4.85. The van der Waals surface area contributed by atoms with Crippen LogP contribution in [0.5, 0.6) is 5.75 Å². The summed E-state index contributed by atoms with van der Waals surface area (Å²) in [4.78, 5) is 37.2. The van der Waals surface area contributed by atoms with Crippen LogP contribution in [0, 0.1) is 13.7 Å². The average molecular weight is 572 g/mol. The Morgan fingerprint density at radius 3 is 2.52 bits per heavy atom. The Balaban J connectivity index is 1.51. The number of benzene rings is 3. The fraction of sp³-hybridized carbons (Fsp3) is 0.0833. The molecule has 0 radical (unpaired) electrons. The predicted molar refractivity (Wildman–Crippen MR) is 135 cm³/mol. The minimum Gasteiger partial charge on any atom is -0.488 e. The number of imide groups is 1. The van der Waals surface area contributed by atoms with Crippen molar-refractivity contribution in [1.29, 1.82) is 0 Å². The van der Waals surface area contributed by atoms with E-state index in [1.165, 1.54) is 18.2 Å². The van der Waals surface area contributed by atoms with Crippen molar-refractivity contribution in [3.05, 3.63) is 108 Å². The van der Waals surface area contributed by atoms with Gasteiger partial charge in [-0.05, 0) is 69.8 Å². The highest BCUT2D eigenvalue weighted by atomic mass is 127. The summed E-state index contributed by atoms with van der Waals surface area (Å²) in [6.45, 7) is 0.338. The van der Waals surface area contributed by atoms with Gasteiger partial charge in [0.15, 0.2) is 0 Å². The van der Waals surface area contributed by atoms with Crippen LogP contribution in [-0.2, 0) is 17.9 Å². The SMILES string of the molecule is O=C1S/C(=C/c2ccccc2OCc2ccc(I)cc2)C(=O)N1Cc1cccc([N+](=O)[O-])c1. The fourth-order valence-electron chi connectivity index (χ4n) is 3.20. The smallest absolute Gasteiger partial charge is 0.293 e. The molecule has 33 heavy (non-hydrogen) atoms. The van der Waals surface area contributed by atoms with E-state index in [0.717, 1.165) is 25.8 Å². The summed E-state index contributed by atoms with van der Waals surface area (Å²) in [5, 5.41) is 10.6. The molecular weight excluding hydrogens is 555 g/mol. The van der Waals surface area contributed by atoms with Crippen LogP contribution < -0.4 is 4.74 Å². The van der Waals surface area contributed by atoms with Gasteiger partial charge < -0.3 is 4.74 Å². The van der Waals surface area contributed by atoms with Gasteiger partial charge in [-0.1, -0.05) is 42.5 Å². The maximum absolute atomic E-state index is 12.9. The van der Waals surface area contributed by atoms with E-state index in [2.05, 4.69) is 22.6 Å². The first-order chi connectivity index (χ1) is 15.9. The molecule has 7 nitrogen and oxygen atoms in total. The zero-order valence-corrected chi connectivity index (χ0v) is 20.1. The molecule has 0 unspecified atom stereocenters. The normalized spacial score (nSPS) is 14.7. The molecule has 1 heterocycles. The molecule has 3 aromatic carbocycles. The summed E-state index contributed by atoms with van der Waals surface area (Å²) in [7, 11) is 0. The highest BCUT2D eigenvalue weighted by Gasteiger charge is 2.35. The van der Waals surface area contributed by atoms with Gasteiger partial charge in [0.2, 0.25) is 0 Å². The lowest BCUT2D eigenvalue weighted by Crippen LogP contribution is -2.27. The first-order valence-electron chi connectivity index (χ1n) is 9.86. The van der Waals surface area contributed by atoms with Gasteiger partial charge in [-0.25, -0.2) is 0 Å². The number of rotatable bonds is 7. The number of ether oxygens (including phenoxy) is 1. The van der Waals surface area contributed by atoms with E-state index >= 15 is 0 Å². The largest absolute Gasteiger partial charge is 0.488 e. The van der Waals surface area contributed by atoms with Gasteiger partial charge >= 0.3 is 0 Å². The first-order valence-corrected chi connectivity index (χ1v) is 11.8. The number of nitrogens with zero attached hydrogens (tertiary/aromatic N) is 2. The van der Waals surface area contributed by atoms with Crippen LogP contribution in [-0.4, -0.2) is 21.0 Å². The van der Waals surface area contributed by atoms with E-state index in [0.29, 0.717) is 23.5 Å². The summed E-state index contributed by atoms with van der Waals surface area (Å²) in [6.07, 6.45) is 1.64. The molecule has 1 saturated heterocycles. The van der Waals surface area contributed by atoms with Crippen LogP contribution in [0.2, 0.25) is 0 Å². The second-order valence-corrected chi connectivity index (χ2v) is 9.39. The molecule has 0 aromatic heterocycles. The highest BCUT2D eigenvalue weighted by molar-refractivity contribution is 14.1.